The van der Waals surface area contributed by atoms with E-state index >= 15 is 0 Å². The number of hydrogen-bond acceptors (Lipinski definition) is 4. The van der Waals surface area contributed by atoms with Crippen molar-refractivity contribution in [2.45, 2.75) is 31.7 Å². The number of carbonyl (C=O) groups excluding carboxylic acids is 1. The SMILES string of the molecule is CCOc1ccc(C(=O)Nc2ccc(CC)cc2)cc1CN(C)S(=O)(=O)c1ccccc1. The Bertz CT molecular complexity index is 1160. The Morgan fingerprint density at radius 3 is 2.28 bits per heavy atom. The van der Waals surface area contributed by atoms with Gasteiger partial charge in [-0.25, -0.2) is 8.42 Å². The fourth-order valence-electron chi connectivity index (χ4n) is 3.26. The minimum absolute atomic E-state index is 0.0683. The van der Waals surface area contributed by atoms with Crippen molar-refractivity contribution in [2.75, 3.05) is 19.0 Å². The van der Waals surface area contributed by atoms with E-state index in [-0.39, 0.29) is 17.3 Å². The number of rotatable bonds is 9. The van der Waals surface area contributed by atoms with E-state index < -0.39 is 10.0 Å². The van der Waals surface area contributed by atoms with Crippen molar-refractivity contribution in [3.8, 4) is 5.75 Å². The summed E-state index contributed by atoms with van der Waals surface area (Å²) in [6, 6.07) is 21.0. The number of amides is 1. The summed E-state index contributed by atoms with van der Waals surface area (Å²) >= 11 is 0. The molecule has 3 aromatic rings. The number of aryl methyl sites for hydroxylation is 1. The van der Waals surface area contributed by atoms with Crippen LogP contribution in [0.15, 0.2) is 77.7 Å². The Labute approximate surface area is 189 Å². The molecule has 0 aliphatic rings. The van der Waals surface area contributed by atoms with Gasteiger partial charge in [0.2, 0.25) is 10.0 Å². The number of sulfonamides is 1. The minimum Gasteiger partial charge on any atom is -0.494 e. The largest absolute Gasteiger partial charge is 0.494 e. The molecule has 1 N–H and O–H groups in total. The highest BCUT2D eigenvalue weighted by Crippen LogP contribution is 2.25. The first-order chi connectivity index (χ1) is 15.3. The van der Waals surface area contributed by atoms with Crippen LogP contribution in [0.1, 0.15) is 35.3 Å². The Hall–Kier alpha value is -3.16. The lowest BCUT2D eigenvalue weighted by atomic mass is 10.1. The summed E-state index contributed by atoms with van der Waals surface area (Å²) in [6.45, 7) is 4.43. The van der Waals surface area contributed by atoms with Crippen LogP contribution in [-0.4, -0.2) is 32.3 Å². The van der Waals surface area contributed by atoms with Crippen LogP contribution in [0.3, 0.4) is 0 Å². The van der Waals surface area contributed by atoms with Crippen LogP contribution in [0.25, 0.3) is 0 Å². The van der Waals surface area contributed by atoms with Crippen molar-refractivity contribution in [2.24, 2.45) is 0 Å². The number of ether oxygens (including phenoxy) is 1. The lowest BCUT2D eigenvalue weighted by Gasteiger charge is -2.20. The fourth-order valence-corrected chi connectivity index (χ4v) is 4.43. The Balaban J connectivity index is 1.84. The number of carbonyl (C=O) groups is 1. The smallest absolute Gasteiger partial charge is 0.255 e. The molecule has 32 heavy (non-hydrogen) atoms. The Morgan fingerprint density at radius 1 is 0.969 bits per heavy atom. The summed E-state index contributed by atoms with van der Waals surface area (Å²) in [5.74, 6) is 0.276. The van der Waals surface area contributed by atoms with Crippen molar-refractivity contribution in [3.05, 3.63) is 89.5 Å². The first-order valence-electron chi connectivity index (χ1n) is 10.5. The maximum Gasteiger partial charge on any atom is 0.255 e. The Morgan fingerprint density at radius 2 is 1.66 bits per heavy atom. The van der Waals surface area contributed by atoms with E-state index in [1.807, 2.05) is 31.2 Å². The average molecular weight is 453 g/mol. The van der Waals surface area contributed by atoms with Crippen molar-refractivity contribution in [1.82, 2.24) is 4.31 Å². The number of benzene rings is 3. The third-order valence-corrected chi connectivity index (χ3v) is 6.90. The van der Waals surface area contributed by atoms with E-state index in [1.165, 1.54) is 16.9 Å². The van der Waals surface area contributed by atoms with Crippen molar-refractivity contribution >= 4 is 21.6 Å². The van der Waals surface area contributed by atoms with Crippen molar-refractivity contribution in [3.63, 3.8) is 0 Å². The van der Waals surface area contributed by atoms with E-state index in [0.717, 1.165) is 6.42 Å². The second-order valence-corrected chi connectivity index (χ2v) is 9.38. The molecule has 0 saturated carbocycles. The highest BCUT2D eigenvalue weighted by molar-refractivity contribution is 7.89. The van der Waals surface area contributed by atoms with Crippen LogP contribution in [0.5, 0.6) is 5.75 Å². The van der Waals surface area contributed by atoms with Crippen LogP contribution in [0.2, 0.25) is 0 Å². The van der Waals surface area contributed by atoms with Gasteiger partial charge in [-0.15, -0.1) is 0 Å². The summed E-state index contributed by atoms with van der Waals surface area (Å²) in [5, 5.41) is 2.89. The molecule has 0 atom stereocenters. The Kier molecular flexibility index (Phi) is 7.66. The molecule has 0 spiro atoms. The summed E-state index contributed by atoms with van der Waals surface area (Å²) < 4.78 is 32.8. The summed E-state index contributed by atoms with van der Waals surface area (Å²) in [5.41, 5.74) is 2.93. The van der Waals surface area contributed by atoms with Gasteiger partial charge in [0.05, 0.1) is 11.5 Å². The highest BCUT2D eigenvalue weighted by Gasteiger charge is 2.22. The van der Waals surface area contributed by atoms with Crippen molar-refractivity contribution < 1.29 is 17.9 Å². The van der Waals surface area contributed by atoms with Gasteiger partial charge < -0.3 is 10.1 Å². The predicted octanol–water partition coefficient (Wildman–Crippen LogP) is 4.72. The van der Waals surface area contributed by atoms with Gasteiger partial charge in [-0.3, -0.25) is 4.79 Å². The fraction of sp³-hybridized carbons (Fsp3) is 0.240. The molecule has 0 saturated heterocycles. The minimum atomic E-state index is -3.68. The molecule has 3 rings (SSSR count). The molecule has 0 aliphatic carbocycles. The van der Waals surface area contributed by atoms with Gasteiger partial charge in [-0.1, -0.05) is 37.3 Å². The standard InChI is InChI=1S/C25H28N2O4S/c1-4-19-11-14-22(15-12-19)26-25(28)20-13-16-24(31-5-2)21(17-20)18-27(3)32(29,30)23-9-7-6-8-10-23/h6-17H,4-5,18H2,1-3H3,(H,26,28). The zero-order valence-corrected chi connectivity index (χ0v) is 19.4. The summed E-state index contributed by atoms with van der Waals surface area (Å²) in [7, 11) is -2.17. The quantitative estimate of drug-likeness (QED) is 0.510. The van der Waals surface area contributed by atoms with Crippen LogP contribution in [0, 0.1) is 0 Å². The monoisotopic (exact) mass is 452 g/mol. The van der Waals surface area contributed by atoms with Gasteiger partial charge in [0.25, 0.3) is 5.91 Å². The first kappa shape index (κ1) is 23.5. The highest BCUT2D eigenvalue weighted by atomic mass is 32.2. The van der Waals surface area contributed by atoms with E-state index in [2.05, 4.69) is 12.2 Å². The number of nitrogens with one attached hydrogen (secondary N) is 1. The van der Waals surface area contributed by atoms with E-state index in [4.69, 9.17) is 4.74 Å². The molecule has 0 fully saturated rings. The second kappa shape index (κ2) is 10.4. The second-order valence-electron chi connectivity index (χ2n) is 7.33. The zero-order valence-electron chi connectivity index (χ0n) is 18.5. The van der Waals surface area contributed by atoms with Gasteiger partial charge in [0, 0.05) is 30.4 Å². The third kappa shape index (κ3) is 5.55. The number of nitrogens with zero attached hydrogens (tertiary/aromatic N) is 1. The van der Waals surface area contributed by atoms with Gasteiger partial charge in [0.1, 0.15) is 5.75 Å². The van der Waals surface area contributed by atoms with Crippen LogP contribution in [0.4, 0.5) is 5.69 Å². The third-order valence-electron chi connectivity index (χ3n) is 5.09. The molecule has 1 amide bonds. The molecule has 3 aromatic carbocycles. The van der Waals surface area contributed by atoms with Gasteiger partial charge >= 0.3 is 0 Å². The molecule has 6 nitrogen and oxygen atoms in total. The molecular formula is C25H28N2O4S. The topological polar surface area (TPSA) is 75.7 Å². The average Bonchev–Trinajstić information content (AvgIpc) is 2.81. The molecule has 7 heteroatoms. The molecule has 0 radical (unpaired) electrons. The molecule has 0 unspecified atom stereocenters. The van der Waals surface area contributed by atoms with Crippen LogP contribution < -0.4 is 10.1 Å². The lowest BCUT2D eigenvalue weighted by molar-refractivity contribution is 0.102. The number of hydrogen-bond donors (Lipinski definition) is 1. The van der Waals surface area contributed by atoms with Gasteiger partial charge in [0.15, 0.2) is 0 Å². The molecule has 0 bridgehead atoms. The molecule has 0 heterocycles. The summed E-state index contributed by atoms with van der Waals surface area (Å²) in [6.07, 6.45) is 0.926. The van der Waals surface area contributed by atoms with Crippen molar-refractivity contribution in [1.29, 1.82) is 0 Å². The summed E-state index contributed by atoms with van der Waals surface area (Å²) in [4.78, 5) is 13.0. The maximum absolute atomic E-state index is 12.9. The molecular weight excluding hydrogens is 424 g/mol. The zero-order chi connectivity index (χ0) is 23.1. The van der Waals surface area contributed by atoms with Gasteiger partial charge in [-0.05, 0) is 61.4 Å². The normalized spacial score (nSPS) is 11.4. The molecule has 0 aliphatic heterocycles. The number of anilines is 1. The molecule has 0 aromatic heterocycles. The molecule has 168 valence electrons. The van der Waals surface area contributed by atoms with Crippen LogP contribution in [-0.2, 0) is 23.0 Å². The van der Waals surface area contributed by atoms with E-state index in [0.29, 0.717) is 29.2 Å². The lowest BCUT2D eigenvalue weighted by Crippen LogP contribution is -2.27. The van der Waals surface area contributed by atoms with Gasteiger partial charge in [-0.2, -0.15) is 4.31 Å². The van der Waals surface area contributed by atoms with E-state index in [9.17, 15) is 13.2 Å². The maximum atomic E-state index is 12.9. The van der Waals surface area contributed by atoms with E-state index in [1.54, 1.807) is 48.5 Å². The first-order valence-corrected chi connectivity index (χ1v) is 12.0. The van der Waals surface area contributed by atoms with Crippen LogP contribution >= 0.6 is 0 Å². The predicted molar refractivity (Wildman–Crippen MR) is 126 cm³/mol.